The fraction of sp³-hybridized carbons (Fsp3) is 0.500. The Labute approximate surface area is 103 Å². The van der Waals surface area contributed by atoms with Crippen molar-refractivity contribution >= 4 is 27.5 Å². The van der Waals surface area contributed by atoms with E-state index in [4.69, 9.17) is 5.11 Å². The van der Waals surface area contributed by atoms with Crippen LogP contribution in [0.3, 0.4) is 0 Å². The molecule has 1 aromatic heterocycles. The van der Waals surface area contributed by atoms with Gasteiger partial charge in [0.25, 0.3) is 10.2 Å². The number of thiazole rings is 1. The molecule has 0 bridgehead atoms. The zero-order valence-electron chi connectivity index (χ0n) is 9.16. The van der Waals surface area contributed by atoms with Gasteiger partial charge in [-0.05, 0) is 0 Å². The van der Waals surface area contributed by atoms with Crippen molar-refractivity contribution in [2.75, 3.05) is 13.6 Å². The van der Waals surface area contributed by atoms with E-state index in [0.29, 0.717) is 5.01 Å². The molecule has 1 aromatic rings. The first-order chi connectivity index (χ1) is 7.92. The molecule has 0 spiro atoms. The maximum Gasteiger partial charge on any atom is 0.304 e. The Bertz CT molecular complexity index is 457. The van der Waals surface area contributed by atoms with Crippen molar-refractivity contribution in [1.82, 2.24) is 14.0 Å². The minimum absolute atomic E-state index is 0.0669. The summed E-state index contributed by atoms with van der Waals surface area (Å²) >= 11 is 1.34. The monoisotopic (exact) mass is 279 g/mol. The first-order valence-corrected chi connectivity index (χ1v) is 7.05. The van der Waals surface area contributed by atoms with Crippen LogP contribution in [0.4, 0.5) is 0 Å². The third-order valence-electron chi connectivity index (χ3n) is 1.94. The molecule has 0 unspecified atom stereocenters. The number of aromatic nitrogens is 1. The molecule has 1 heterocycles. The van der Waals surface area contributed by atoms with Gasteiger partial charge >= 0.3 is 5.97 Å². The maximum atomic E-state index is 11.6. The van der Waals surface area contributed by atoms with Crippen LogP contribution in [0.15, 0.2) is 11.6 Å². The molecule has 0 aliphatic carbocycles. The fourth-order valence-corrected chi connectivity index (χ4v) is 2.50. The van der Waals surface area contributed by atoms with Crippen LogP contribution in [0, 0.1) is 0 Å². The van der Waals surface area contributed by atoms with Crippen LogP contribution in [0.25, 0.3) is 0 Å². The number of carboxylic acid groups (broad SMARTS) is 1. The Morgan fingerprint density at radius 1 is 1.65 bits per heavy atom. The van der Waals surface area contributed by atoms with E-state index in [1.807, 2.05) is 0 Å². The Hall–Kier alpha value is -1.03. The number of carboxylic acids is 1. The van der Waals surface area contributed by atoms with Crippen LogP contribution >= 0.6 is 11.3 Å². The van der Waals surface area contributed by atoms with Crippen molar-refractivity contribution in [1.29, 1.82) is 0 Å². The molecule has 1 rings (SSSR count). The Morgan fingerprint density at radius 2 is 2.35 bits per heavy atom. The molecule has 0 saturated heterocycles. The van der Waals surface area contributed by atoms with Gasteiger partial charge in [-0.1, -0.05) is 0 Å². The van der Waals surface area contributed by atoms with E-state index in [-0.39, 0.29) is 19.5 Å². The average Bonchev–Trinajstić information content (AvgIpc) is 2.75. The van der Waals surface area contributed by atoms with Crippen molar-refractivity contribution in [3.63, 3.8) is 0 Å². The molecule has 0 aliphatic heterocycles. The average molecular weight is 279 g/mol. The lowest BCUT2D eigenvalue weighted by Crippen LogP contribution is -2.38. The largest absolute Gasteiger partial charge is 0.481 e. The predicted octanol–water partition coefficient (Wildman–Crippen LogP) is -0.116. The first kappa shape index (κ1) is 14.0. The number of rotatable bonds is 7. The molecule has 0 aromatic carbocycles. The normalized spacial score (nSPS) is 11.9. The van der Waals surface area contributed by atoms with Gasteiger partial charge in [0.05, 0.1) is 13.0 Å². The minimum Gasteiger partial charge on any atom is -0.481 e. The quantitative estimate of drug-likeness (QED) is 0.725. The van der Waals surface area contributed by atoms with E-state index < -0.39 is 16.2 Å². The van der Waals surface area contributed by atoms with Crippen molar-refractivity contribution in [3.05, 3.63) is 16.6 Å². The molecule has 0 atom stereocenters. The molecular formula is C8H13N3O4S2. The number of hydrogen-bond donors (Lipinski definition) is 2. The van der Waals surface area contributed by atoms with Gasteiger partial charge in [0.1, 0.15) is 5.01 Å². The summed E-state index contributed by atoms with van der Waals surface area (Å²) in [6, 6.07) is 0. The Kier molecular flexibility index (Phi) is 5.00. The predicted molar refractivity (Wildman–Crippen MR) is 62.8 cm³/mol. The van der Waals surface area contributed by atoms with E-state index in [1.54, 1.807) is 11.6 Å². The van der Waals surface area contributed by atoms with E-state index in [2.05, 4.69) is 9.71 Å². The van der Waals surface area contributed by atoms with Crippen LogP contribution < -0.4 is 4.72 Å². The number of hydrogen-bond acceptors (Lipinski definition) is 5. The van der Waals surface area contributed by atoms with Gasteiger partial charge in [0.15, 0.2) is 0 Å². The van der Waals surface area contributed by atoms with Gasteiger partial charge in [0.2, 0.25) is 0 Å². The second-order valence-corrected chi connectivity index (χ2v) is 6.06. The highest BCUT2D eigenvalue weighted by molar-refractivity contribution is 7.87. The second kappa shape index (κ2) is 6.05. The molecule has 2 N–H and O–H groups in total. The van der Waals surface area contributed by atoms with Crippen LogP contribution in [-0.2, 0) is 21.5 Å². The number of carbonyl (C=O) groups is 1. The van der Waals surface area contributed by atoms with Crippen molar-refractivity contribution in [2.45, 2.75) is 13.0 Å². The van der Waals surface area contributed by atoms with Crippen LogP contribution in [0.2, 0.25) is 0 Å². The lowest BCUT2D eigenvalue weighted by Gasteiger charge is -2.15. The number of nitrogens with zero attached hydrogens (tertiary/aromatic N) is 2. The Balaban J connectivity index is 2.47. The lowest BCUT2D eigenvalue weighted by atomic mass is 10.4. The summed E-state index contributed by atoms with van der Waals surface area (Å²) in [5.74, 6) is -1.04. The molecule has 0 fully saturated rings. The zero-order valence-corrected chi connectivity index (χ0v) is 10.8. The number of aliphatic carboxylic acids is 1. The van der Waals surface area contributed by atoms with Gasteiger partial charge in [0, 0.05) is 25.2 Å². The Morgan fingerprint density at radius 3 is 2.88 bits per heavy atom. The van der Waals surface area contributed by atoms with Gasteiger partial charge in [-0.15, -0.1) is 11.3 Å². The topological polar surface area (TPSA) is 99.6 Å². The van der Waals surface area contributed by atoms with E-state index in [9.17, 15) is 13.2 Å². The van der Waals surface area contributed by atoms with Crippen LogP contribution in [0.5, 0.6) is 0 Å². The highest BCUT2D eigenvalue weighted by Crippen LogP contribution is 2.04. The van der Waals surface area contributed by atoms with E-state index in [1.165, 1.54) is 18.4 Å². The lowest BCUT2D eigenvalue weighted by molar-refractivity contribution is -0.137. The van der Waals surface area contributed by atoms with Gasteiger partial charge in [-0.2, -0.15) is 17.4 Å². The summed E-state index contributed by atoms with van der Waals surface area (Å²) in [5, 5.41) is 10.9. The van der Waals surface area contributed by atoms with Gasteiger partial charge in [-0.3, -0.25) is 4.79 Å². The van der Waals surface area contributed by atoms with E-state index in [0.717, 1.165) is 4.31 Å². The second-order valence-electron chi connectivity index (χ2n) is 3.22. The van der Waals surface area contributed by atoms with E-state index >= 15 is 0 Å². The first-order valence-electron chi connectivity index (χ1n) is 4.73. The number of nitrogens with one attached hydrogen (secondary N) is 1. The third kappa shape index (κ3) is 4.77. The van der Waals surface area contributed by atoms with Crippen molar-refractivity contribution < 1.29 is 18.3 Å². The standard InChI is InChI=1S/C8H13N3O4S2/c1-11(4-2-8(12)13)17(14,15)10-6-7-9-3-5-16-7/h3,5,10H,2,4,6H2,1H3,(H,12,13). The summed E-state index contributed by atoms with van der Waals surface area (Å²) in [5.41, 5.74) is 0. The van der Waals surface area contributed by atoms with Gasteiger partial charge in [-0.25, -0.2) is 4.98 Å². The highest BCUT2D eigenvalue weighted by atomic mass is 32.2. The molecule has 0 saturated carbocycles. The van der Waals surface area contributed by atoms with Crippen molar-refractivity contribution in [3.8, 4) is 0 Å². The maximum absolute atomic E-state index is 11.6. The third-order valence-corrected chi connectivity index (χ3v) is 4.23. The SMILES string of the molecule is CN(CCC(=O)O)S(=O)(=O)NCc1nccs1. The van der Waals surface area contributed by atoms with Crippen LogP contribution in [-0.4, -0.2) is 42.4 Å². The molecule has 0 aliphatic rings. The molecule has 9 heteroatoms. The van der Waals surface area contributed by atoms with Crippen molar-refractivity contribution in [2.24, 2.45) is 0 Å². The summed E-state index contributed by atoms with van der Waals surface area (Å²) in [6.45, 7) is 0.0416. The fourth-order valence-electron chi connectivity index (χ4n) is 0.977. The van der Waals surface area contributed by atoms with Gasteiger partial charge < -0.3 is 5.11 Å². The zero-order chi connectivity index (χ0) is 12.9. The summed E-state index contributed by atoms with van der Waals surface area (Å²) in [4.78, 5) is 14.3. The molecule has 7 nitrogen and oxygen atoms in total. The smallest absolute Gasteiger partial charge is 0.304 e. The molecular weight excluding hydrogens is 266 g/mol. The molecule has 17 heavy (non-hydrogen) atoms. The van der Waals surface area contributed by atoms with Crippen LogP contribution in [0.1, 0.15) is 11.4 Å². The molecule has 0 radical (unpaired) electrons. The highest BCUT2D eigenvalue weighted by Gasteiger charge is 2.18. The summed E-state index contributed by atoms with van der Waals surface area (Å²) in [7, 11) is -2.32. The minimum atomic E-state index is -3.65. The summed E-state index contributed by atoms with van der Waals surface area (Å²) < 4.78 is 26.6. The molecule has 0 amide bonds. The summed E-state index contributed by atoms with van der Waals surface area (Å²) in [6.07, 6.45) is 1.36. The molecule has 96 valence electrons.